The molecule has 2 aromatic carbocycles. The Kier molecular flexibility index (Phi) is 8.78. The van der Waals surface area contributed by atoms with Gasteiger partial charge in [-0.05, 0) is 48.2 Å². The molecule has 4 rings (SSSR count). The fraction of sp³-hybridized carbons (Fsp3) is 0.357. The summed E-state index contributed by atoms with van der Waals surface area (Å²) in [5, 5.41) is 10.7. The molecule has 0 bridgehead atoms. The van der Waals surface area contributed by atoms with Crippen LogP contribution in [0.2, 0.25) is 0 Å². The first-order chi connectivity index (χ1) is 17.9. The first-order valence-corrected chi connectivity index (χ1v) is 13.3. The van der Waals surface area contributed by atoms with Gasteiger partial charge in [0, 0.05) is 42.8 Å². The van der Waals surface area contributed by atoms with Crippen LogP contribution in [-0.4, -0.2) is 62.6 Å². The highest BCUT2D eigenvalue weighted by atomic mass is 32.2. The number of carbonyl (C=O) groups excluding carboxylic acids is 1. The summed E-state index contributed by atoms with van der Waals surface area (Å²) in [4.78, 5) is 30.5. The van der Waals surface area contributed by atoms with Crippen molar-refractivity contribution in [3.05, 3.63) is 81.9 Å². The van der Waals surface area contributed by atoms with E-state index in [2.05, 4.69) is 9.80 Å². The lowest BCUT2D eigenvalue weighted by molar-refractivity contribution is -0.140. The van der Waals surface area contributed by atoms with Gasteiger partial charge in [-0.3, -0.25) is 14.5 Å². The van der Waals surface area contributed by atoms with Crippen molar-refractivity contribution in [1.29, 1.82) is 0 Å². The maximum Gasteiger partial charge on any atom is 0.306 e. The van der Waals surface area contributed by atoms with Gasteiger partial charge in [0.05, 0.1) is 33.1 Å². The summed E-state index contributed by atoms with van der Waals surface area (Å²) >= 11 is 1.60. The third kappa shape index (κ3) is 6.47. The number of benzene rings is 2. The van der Waals surface area contributed by atoms with Gasteiger partial charge >= 0.3 is 5.97 Å². The number of aromatic hydroxyl groups is 1. The van der Waals surface area contributed by atoms with Crippen LogP contribution in [0.15, 0.2) is 68.7 Å². The Morgan fingerprint density at radius 3 is 2.32 bits per heavy atom. The number of thioether (sulfide) groups is 1. The highest BCUT2D eigenvalue weighted by Gasteiger charge is 2.27. The van der Waals surface area contributed by atoms with Gasteiger partial charge in [0.15, 0.2) is 5.76 Å². The predicted octanol–water partition coefficient (Wildman–Crippen LogP) is 4.09. The van der Waals surface area contributed by atoms with Crippen LogP contribution in [0.25, 0.3) is 0 Å². The molecule has 1 aliphatic heterocycles. The summed E-state index contributed by atoms with van der Waals surface area (Å²) in [6.07, 6.45) is 1.92. The van der Waals surface area contributed by atoms with E-state index < -0.39 is 23.1 Å². The smallest absolute Gasteiger partial charge is 0.306 e. The molecular weight excluding hydrogens is 492 g/mol. The number of hydrogen-bond donors (Lipinski definition) is 1. The average molecular weight is 525 g/mol. The van der Waals surface area contributed by atoms with Crippen molar-refractivity contribution >= 4 is 23.4 Å². The van der Waals surface area contributed by atoms with Crippen LogP contribution in [0.4, 0.5) is 5.69 Å². The predicted molar refractivity (Wildman–Crippen MR) is 144 cm³/mol. The van der Waals surface area contributed by atoms with Gasteiger partial charge in [0.2, 0.25) is 11.2 Å². The fourth-order valence-corrected chi connectivity index (χ4v) is 4.90. The Balaban J connectivity index is 1.52. The van der Waals surface area contributed by atoms with Gasteiger partial charge < -0.3 is 23.9 Å². The summed E-state index contributed by atoms with van der Waals surface area (Å²) in [5.74, 6) is -0.223. The number of carbonyl (C=O) groups is 1. The molecule has 8 nitrogen and oxygen atoms in total. The van der Waals surface area contributed by atoms with E-state index >= 15 is 0 Å². The lowest BCUT2D eigenvalue weighted by Gasteiger charge is -2.36. The zero-order valence-electron chi connectivity index (χ0n) is 21.3. The Labute approximate surface area is 220 Å². The molecule has 0 aliphatic carbocycles. The van der Waals surface area contributed by atoms with Crippen LogP contribution in [0.1, 0.15) is 29.4 Å². The number of anilines is 1. The Morgan fingerprint density at radius 1 is 1.05 bits per heavy atom. The number of hydrogen-bond acceptors (Lipinski definition) is 9. The van der Waals surface area contributed by atoms with Crippen molar-refractivity contribution in [2.75, 3.05) is 51.6 Å². The highest BCUT2D eigenvalue weighted by Crippen LogP contribution is 2.34. The summed E-state index contributed by atoms with van der Waals surface area (Å²) in [7, 11) is 2.97. The third-order valence-corrected chi connectivity index (χ3v) is 7.37. The van der Waals surface area contributed by atoms with Crippen molar-refractivity contribution in [2.24, 2.45) is 0 Å². The van der Waals surface area contributed by atoms with E-state index in [1.807, 2.05) is 54.8 Å². The molecule has 0 unspecified atom stereocenters. The van der Waals surface area contributed by atoms with Gasteiger partial charge in [-0.25, -0.2) is 0 Å². The van der Waals surface area contributed by atoms with E-state index in [0.717, 1.165) is 48.1 Å². The fourth-order valence-electron chi connectivity index (χ4n) is 4.49. The van der Waals surface area contributed by atoms with Crippen molar-refractivity contribution < 1.29 is 23.8 Å². The average Bonchev–Trinajstić information content (AvgIpc) is 2.94. The minimum atomic E-state index is -0.650. The van der Waals surface area contributed by atoms with Crippen molar-refractivity contribution in [3.63, 3.8) is 0 Å². The van der Waals surface area contributed by atoms with Gasteiger partial charge in [-0.15, -0.1) is 11.8 Å². The first-order valence-electron chi connectivity index (χ1n) is 12.1. The molecule has 0 radical (unpaired) electrons. The number of esters is 1. The Morgan fingerprint density at radius 2 is 1.73 bits per heavy atom. The molecular formula is C28H32N2O6S. The zero-order chi connectivity index (χ0) is 26.4. The molecule has 1 saturated heterocycles. The number of nitrogens with zero attached hydrogens (tertiary/aromatic N) is 2. The van der Waals surface area contributed by atoms with E-state index in [-0.39, 0.29) is 12.2 Å². The van der Waals surface area contributed by atoms with Crippen LogP contribution in [0, 0.1) is 0 Å². The molecule has 0 amide bonds. The topological polar surface area (TPSA) is 92.5 Å². The van der Waals surface area contributed by atoms with Gasteiger partial charge in [-0.1, -0.05) is 12.1 Å². The number of methoxy groups -OCH3 is 2. The Bertz CT molecular complexity index is 1250. The largest absolute Gasteiger partial charge is 0.502 e. The third-order valence-electron chi connectivity index (χ3n) is 6.62. The minimum absolute atomic E-state index is 0.0599. The molecule has 0 spiro atoms. The normalized spacial score (nSPS) is 14.8. The number of piperazine rings is 1. The quantitative estimate of drug-likeness (QED) is 0.328. The summed E-state index contributed by atoms with van der Waals surface area (Å²) in [6.45, 7) is 3.65. The minimum Gasteiger partial charge on any atom is -0.502 e. The van der Waals surface area contributed by atoms with Crippen LogP contribution >= 0.6 is 11.8 Å². The van der Waals surface area contributed by atoms with Crippen molar-refractivity contribution in [3.8, 4) is 11.5 Å². The second-order valence-corrected chi connectivity index (χ2v) is 9.74. The Hall–Kier alpha value is -3.43. The van der Waals surface area contributed by atoms with Crippen LogP contribution in [0.3, 0.4) is 0 Å². The van der Waals surface area contributed by atoms with Gasteiger partial charge in [0.25, 0.3) is 0 Å². The number of ether oxygens (including phenoxy) is 2. The standard InChI is InChI=1S/C28H32N2O6S/c1-34-21-8-6-20(7-9-21)30-14-12-29(13-15-30)18-22-16-25(31)27(33)28(36-22)24(17-26(32)35-2)19-4-10-23(37-3)11-5-19/h4-11,16,24,33H,12-15,17-18H2,1-3H3/t24-/m1/s1. The van der Waals surface area contributed by atoms with E-state index in [1.165, 1.54) is 13.2 Å². The summed E-state index contributed by atoms with van der Waals surface area (Å²) < 4.78 is 16.2. The summed E-state index contributed by atoms with van der Waals surface area (Å²) in [6, 6.07) is 17.0. The van der Waals surface area contributed by atoms with Gasteiger partial charge in [0.1, 0.15) is 11.5 Å². The van der Waals surface area contributed by atoms with E-state index in [4.69, 9.17) is 13.9 Å². The van der Waals surface area contributed by atoms with Crippen LogP contribution in [-0.2, 0) is 16.1 Å². The van der Waals surface area contributed by atoms with Crippen molar-refractivity contribution in [2.45, 2.75) is 23.8 Å². The van der Waals surface area contributed by atoms with Crippen molar-refractivity contribution in [1.82, 2.24) is 4.90 Å². The van der Waals surface area contributed by atoms with Crippen LogP contribution < -0.4 is 15.1 Å². The highest BCUT2D eigenvalue weighted by molar-refractivity contribution is 7.98. The molecule has 0 saturated carbocycles. The molecule has 2 heterocycles. The first kappa shape index (κ1) is 26.6. The molecule has 1 aromatic heterocycles. The van der Waals surface area contributed by atoms with Crippen LogP contribution in [0.5, 0.6) is 11.5 Å². The monoisotopic (exact) mass is 524 g/mol. The maximum atomic E-state index is 12.7. The molecule has 3 aromatic rings. The van der Waals surface area contributed by atoms with E-state index in [0.29, 0.717) is 12.3 Å². The molecule has 1 fully saturated rings. The second kappa shape index (κ2) is 12.2. The molecule has 1 atom stereocenters. The van der Waals surface area contributed by atoms with E-state index in [9.17, 15) is 14.7 Å². The SMILES string of the molecule is COC(=O)C[C@H](c1ccc(SC)cc1)c1oc(CN2CCN(c3ccc(OC)cc3)CC2)cc(=O)c1O. The van der Waals surface area contributed by atoms with Gasteiger partial charge in [-0.2, -0.15) is 0 Å². The second-order valence-electron chi connectivity index (χ2n) is 8.86. The molecule has 1 N–H and O–H groups in total. The van der Waals surface area contributed by atoms with E-state index in [1.54, 1.807) is 18.9 Å². The molecule has 9 heteroatoms. The maximum absolute atomic E-state index is 12.7. The lowest BCUT2D eigenvalue weighted by atomic mass is 9.92. The molecule has 196 valence electrons. The molecule has 1 aliphatic rings. The lowest BCUT2D eigenvalue weighted by Crippen LogP contribution is -2.46. The zero-order valence-corrected chi connectivity index (χ0v) is 22.1. The molecule has 37 heavy (non-hydrogen) atoms. The number of rotatable bonds is 9. The summed E-state index contributed by atoms with van der Waals surface area (Å²) in [5.41, 5.74) is 1.37.